The Balaban J connectivity index is 1.55. The summed E-state index contributed by atoms with van der Waals surface area (Å²) < 4.78 is 16.2. The van der Waals surface area contributed by atoms with Gasteiger partial charge in [0.15, 0.2) is 22.7 Å². The van der Waals surface area contributed by atoms with Gasteiger partial charge in [0.25, 0.3) is 5.91 Å². The highest BCUT2D eigenvalue weighted by Crippen LogP contribution is 2.32. The first-order valence-corrected chi connectivity index (χ1v) is 7.81. The van der Waals surface area contributed by atoms with Crippen molar-refractivity contribution in [2.24, 2.45) is 0 Å². The van der Waals surface area contributed by atoms with Gasteiger partial charge in [-0.05, 0) is 42.3 Å². The summed E-state index contributed by atoms with van der Waals surface area (Å²) in [5.74, 6) is 0.882. The minimum Gasteiger partial charge on any atom is -0.454 e. The first kappa shape index (κ1) is 15.3. The number of amides is 1. The molecule has 1 aliphatic rings. The molecule has 0 bridgehead atoms. The largest absolute Gasteiger partial charge is 0.454 e. The third-order valence-electron chi connectivity index (χ3n) is 4.00. The molecule has 6 heteroatoms. The van der Waals surface area contributed by atoms with Crippen LogP contribution in [0, 0.1) is 6.92 Å². The van der Waals surface area contributed by atoms with Gasteiger partial charge >= 0.3 is 0 Å². The van der Waals surface area contributed by atoms with Gasteiger partial charge in [-0.1, -0.05) is 12.1 Å². The SMILES string of the molecule is Cc1ccc2c(=O)cc(C(=O)NCc3ccc4c(c3)OCO4)oc2c1. The third-order valence-corrected chi connectivity index (χ3v) is 4.00. The third kappa shape index (κ3) is 2.94. The van der Waals surface area contributed by atoms with E-state index in [0.29, 0.717) is 22.5 Å². The molecule has 1 N–H and O–H groups in total. The highest BCUT2D eigenvalue weighted by molar-refractivity contribution is 5.93. The summed E-state index contributed by atoms with van der Waals surface area (Å²) in [7, 11) is 0. The van der Waals surface area contributed by atoms with Gasteiger partial charge in [-0.25, -0.2) is 0 Å². The minimum atomic E-state index is -0.446. The molecular weight excluding hydrogens is 322 g/mol. The zero-order chi connectivity index (χ0) is 17.4. The molecule has 4 rings (SSSR count). The number of carbonyl (C=O) groups excluding carboxylic acids is 1. The summed E-state index contributed by atoms with van der Waals surface area (Å²) in [5.41, 5.74) is 1.97. The number of aryl methyl sites for hydroxylation is 1. The van der Waals surface area contributed by atoms with Crippen LogP contribution in [0.4, 0.5) is 0 Å². The van der Waals surface area contributed by atoms with E-state index in [1.54, 1.807) is 18.2 Å². The highest BCUT2D eigenvalue weighted by Gasteiger charge is 2.15. The van der Waals surface area contributed by atoms with Crippen molar-refractivity contribution in [2.75, 3.05) is 6.79 Å². The Morgan fingerprint density at radius 3 is 2.80 bits per heavy atom. The molecule has 0 saturated heterocycles. The first-order valence-electron chi connectivity index (χ1n) is 7.81. The fraction of sp³-hybridized carbons (Fsp3) is 0.158. The van der Waals surface area contributed by atoms with Crippen molar-refractivity contribution in [3.63, 3.8) is 0 Å². The lowest BCUT2D eigenvalue weighted by molar-refractivity contribution is 0.0923. The molecule has 2 aromatic carbocycles. The fourth-order valence-corrected chi connectivity index (χ4v) is 2.69. The Hall–Kier alpha value is -3.28. The maximum atomic E-state index is 12.3. The van der Waals surface area contributed by atoms with Gasteiger partial charge in [0.2, 0.25) is 6.79 Å². The zero-order valence-electron chi connectivity index (χ0n) is 13.5. The Morgan fingerprint density at radius 1 is 1.08 bits per heavy atom. The average Bonchev–Trinajstić information content (AvgIpc) is 3.06. The molecule has 1 aliphatic heterocycles. The summed E-state index contributed by atoms with van der Waals surface area (Å²) in [5, 5.41) is 3.20. The van der Waals surface area contributed by atoms with E-state index in [2.05, 4.69) is 5.32 Å². The van der Waals surface area contributed by atoms with Crippen molar-refractivity contribution in [3.05, 3.63) is 69.6 Å². The van der Waals surface area contributed by atoms with E-state index in [9.17, 15) is 9.59 Å². The maximum absolute atomic E-state index is 12.3. The summed E-state index contributed by atoms with van der Waals surface area (Å²) in [6.45, 7) is 2.38. The molecule has 25 heavy (non-hydrogen) atoms. The van der Waals surface area contributed by atoms with Crippen molar-refractivity contribution in [1.29, 1.82) is 0 Å². The van der Waals surface area contributed by atoms with Gasteiger partial charge < -0.3 is 19.2 Å². The standard InChI is InChI=1S/C19H15NO5/c1-11-2-4-13-14(21)8-18(25-16(13)6-11)19(22)20-9-12-3-5-15-17(7-12)24-10-23-15/h2-8H,9-10H2,1H3,(H,20,22). The van der Waals surface area contributed by atoms with Gasteiger partial charge in [0.05, 0.1) is 5.39 Å². The number of nitrogens with one attached hydrogen (secondary N) is 1. The molecule has 0 fully saturated rings. The summed E-state index contributed by atoms with van der Waals surface area (Å²) in [4.78, 5) is 24.5. The van der Waals surface area contributed by atoms with Crippen LogP contribution in [0.3, 0.4) is 0 Å². The lowest BCUT2D eigenvalue weighted by atomic mass is 10.1. The molecule has 0 atom stereocenters. The second kappa shape index (κ2) is 5.98. The van der Waals surface area contributed by atoms with Gasteiger partial charge in [-0.3, -0.25) is 9.59 Å². The molecule has 1 amide bonds. The second-order valence-corrected chi connectivity index (χ2v) is 5.84. The van der Waals surface area contributed by atoms with E-state index in [-0.39, 0.29) is 24.5 Å². The van der Waals surface area contributed by atoms with E-state index in [0.717, 1.165) is 11.1 Å². The van der Waals surface area contributed by atoms with E-state index in [1.807, 2.05) is 25.1 Å². The van der Waals surface area contributed by atoms with Crippen molar-refractivity contribution in [1.82, 2.24) is 5.32 Å². The smallest absolute Gasteiger partial charge is 0.287 e. The predicted octanol–water partition coefficient (Wildman–Crippen LogP) is 2.76. The summed E-state index contributed by atoms with van der Waals surface area (Å²) in [6, 6.07) is 11.9. The van der Waals surface area contributed by atoms with Gasteiger partial charge in [0, 0.05) is 12.6 Å². The van der Waals surface area contributed by atoms with Crippen molar-refractivity contribution in [3.8, 4) is 11.5 Å². The van der Waals surface area contributed by atoms with Gasteiger partial charge in [-0.15, -0.1) is 0 Å². The van der Waals surface area contributed by atoms with Crippen molar-refractivity contribution < 1.29 is 18.7 Å². The quantitative estimate of drug-likeness (QED) is 0.795. The topological polar surface area (TPSA) is 77.8 Å². The summed E-state index contributed by atoms with van der Waals surface area (Å²) >= 11 is 0. The molecule has 126 valence electrons. The highest BCUT2D eigenvalue weighted by atomic mass is 16.7. The van der Waals surface area contributed by atoms with E-state index >= 15 is 0 Å². The van der Waals surface area contributed by atoms with Crippen molar-refractivity contribution >= 4 is 16.9 Å². The number of benzene rings is 2. The van der Waals surface area contributed by atoms with Crippen LogP contribution in [-0.4, -0.2) is 12.7 Å². The number of hydrogen-bond acceptors (Lipinski definition) is 5. The monoisotopic (exact) mass is 337 g/mol. The minimum absolute atomic E-state index is 0.0103. The Morgan fingerprint density at radius 2 is 1.92 bits per heavy atom. The van der Waals surface area contributed by atoms with Crippen LogP contribution >= 0.6 is 0 Å². The molecule has 6 nitrogen and oxygen atoms in total. The lowest BCUT2D eigenvalue weighted by Crippen LogP contribution is -2.24. The van der Waals surface area contributed by atoms with Crippen molar-refractivity contribution in [2.45, 2.75) is 13.5 Å². The Kier molecular flexibility index (Phi) is 3.65. The fourth-order valence-electron chi connectivity index (χ4n) is 2.69. The molecule has 2 heterocycles. The number of rotatable bonds is 3. The zero-order valence-corrected chi connectivity index (χ0v) is 13.5. The predicted molar refractivity (Wildman–Crippen MR) is 91.0 cm³/mol. The van der Waals surface area contributed by atoms with E-state index in [4.69, 9.17) is 13.9 Å². The van der Waals surface area contributed by atoms with Crippen LogP contribution in [0.1, 0.15) is 21.7 Å². The van der Waals surface area contributed by atoms with Crippen LogP contribution < -0.4 is 20.2 Å². The molecular formula is C19H15NO5. The molecule has 0 saturated carbocycles. The first-order chi connectivity index (χ1) is 12.1. The normalized spacial score (nSPS) is 12.4. The van der Waals surface area contributed by atoms with Gasteiger partial charge in [0.1, 0.15) is 5.58 Å². The molecule has 3 aromatic rings. The van der Waals surface area contributed by atoms with Gasteiger partial charge in [-0.2, -0.15) is 0 Å². The number of ether oxygens (including phenoxy) is 2. The van der Waals surface area contributed by atoms with Crippen LogP contribution in [0.5, 0.6) is 11.5 Å². The van der Waals surface area contributed by atoms with Crippen LogP contribution in [0.15, 0.2) is 51.7 Å². The van der Waals surface area contributed by atoms with Crippen LogP contribution in [0.25, 0.3) is 11.0 Å². The average molecular weight is 337 g/mol. The van der Waals surface area contributed by atoms with Crippen LogP contribution in [0.2, 0.25) is 0 Å². The Bertz CT molecular complexity index is 1040. The molecule has 0 spiro atoms. The summed E-state index contributed by atoms with van der Waals surface area (Å²) in [6.07, 6.45) is 0. The number of carbonyl (C=O) groups is 1. The second-order valence-electron chi connectivity index (χ2n) is 5.84. The molecule has 0 unspecified atom stereocenters. The molecule has 1 aromatic heterocycles. The molecule has 0 aliphatic carbocycles. The van der Waals surface area contributed by atoms with Crippen LogP contribution in [-0.2, 0) is 6.54 Å². The van der Waals surface area contributed by atoms with E-state index in [1.165, 1.54) is 6.07 Å². The number of hydrogen-bond donors (Lipinski definition) is 1. The van der Waals surface area contributed by atoms with E-state index < -0.39 is 5.91 Å². The lowest BCUT2D eigenvalue weighted by Gasteiger charge is -2.07. The molecule has 0 radical (unpaired) electrons. The number of fused-ring (bicyclic) bond motifs is 2. The Labute approximate surface area is 143 Å². The maximum Gasteiger partial charge on any atom is 0.287 e.